The van der Waals surface area contributed by atoms with Crippen LogP contribution in [-0.2, 0) is 6.54 Å². The van der Waals surface area contributed by atoms with E-state index in [1.807, 2.05) is 36.4 Å². The minimum absolute atomic E-state index is 0.119. The molecule has 0 aliphatic rings. The highest BCUT2D eigenvalue weighted by atomic mass is 16.5. The second-order valence-corrected chi connectivity index (χ2v) is 5.63. The predicted molar refractivity (Wildman–Crippen MR) is 95.6 cm³/mol. The first kappa shape index (κ1) is 17.0. The van der Waals surface area contributed by atoms with Crippen LogP contribution in [0.5, 0.6) is 0 Å². The molecule has 0 bridgehead atoms. The van der Waals surface area contributed by atoms with E-state index in [4.69, 9.17) is 5.26 Å². The monoisotopic (exact) mass is 345 g/mol. The highest BCUT2D eigenvalue weighted by Crippen LogP contribution is 2.20. The van der Waals surface area contributed by atoms with Crippen LogP contribution < -0.4 is 10.9 Å². The molecule has 26 heavy (non-hydrogen) atoms. The fourth-order valence-electron chi connectivity index (χ4n) is 2.48. The van der Waals surface area contributed by atoms with Crippen molar-refractivity contribution in [3.05, 3.63) is 93.9 Å². The van der Waals surface area contributed by atoms with Gasteiger partial charge in [-0.25, -0.2) is 0 Å². The summed E-state index contributed by atoms with van der Waals surface area (Å²) in [5.74, 6) is -0.540. The number of amides is 1. The molecule has 6 heteroatoms. The van der Waals surface area contributed by atoms with Crippen LogP contribution in [0.4, 0.5) is 0 Å². The summed E-state index contributed by atoms with van der Waals surface area (Å²) in [6.45, 7) is 0.259. The Hall–Kier alpha value is -3.85. The summed E-state index contributed by atoms with van der Waals surface area (Å²) in [5, 5.41) is 21.1. The van der Waals surface area contributed by atoms with Crippen molar-refractivity contribution >= 4 is 5.91 Å². The molecule has 0 aliphatic carbocycles. The van der Waals surface area contributed by atoms with Gasteiger partial charge in [0.1, 0.15) is 5.69 Å². The van der Waals surface area contributed by atoms with Crippen LogP contribution in [-0.4, -0.2) is 15.8 Å². The van der Waals surface area contributed by atoms with Gasteiger partial charge >= 0.3 is 0 Å². The highest BCUT2D eigenvalue weighted by Gasteiger charge is 2.11. The van der Waals surface area contributed by atoms with Crippen LogP contribution in [0.3, 0.4) is 0 Å². The molecule has 6 nitrogen and oxygen atoms in total. The molecule has 0 aliphatic heterocycles. The number of benzene rings is 2. The Labute approximate surface area is 149 Å². The van der Waals surface area contributed by atoms with Crippen LogP contribution in [0.15, 0.2) is 71.5 Å². The number of hydrogen-bond donors (Lipinski definition) is 2. The second kappa shape index (κ2) is 7.36. The third-order valence-corrected chi connectivity index (χ3v) is 3.92. The van der Waals surface area contributed by atoms with E-state index >= 15 is 0 Å². The van der Waals surface area contributed by atoms with Crippen molar-refractivity contribution in [2.45, 2.75) is 6.54 Å². The number of carbonyl (C=O) groups is 1. The standard InChI is InChI=1S/C20H15N3O3/c21-12-14-4-8-16(9-5-14)17-10-6-15(7-11-17)13-22-20(25)18-2-1-3-19(24)23(18)26/h1-11,26H,13H2,(H,22,25). The third kappa shape index (κ3) is 3.62. The number of carbonyl (C=O) groups excluding carboxylic acids is 1. The van der Waals surface area contributed by atoms with Gasteiger partial charge in [-0.3, -0.25) is 9.59 Å². The SMILES string of the molecule is N#Cc1ccc(-c2ccc(CNC(=O)c3cccc(=O)n3O)cc2)cc1. The molecule has 1 aromatic heterocycles. The van der Waals surface area contributed by atoms with Crippen molar-refractivity contribution in [2.75, 3.05) is 0 Å². The van der Waals surface area contributed by atoms with Gasteiger partial charge in [-0.2, -0.15) is 5.26 Å². The van der Waals surface area contributed by atoms with E-state index < -0.39 is 11.5 Å². The average Bonchev–Trinajstić information content (AvgIpc) is 2.69. The van der Waals surface area contributed by atoms with Gasteiger partial charge in [-0.1, -0.05) is 42.5 Å². The number of rotatable bonds is 4. The molecule has 0 saturated carbocycles. The predicted octanol–water partition coefficient (Wildman–Crippen LogP) is 2.55. The normalized spacial score (nSPS) is 10.1. The Bertz CT molecular complexity index is 1030. The Balaban J connectivity index is 1.67. The maximum Gasteiger partial charge on any atom is 0.283 e. The summed E-state index contributed by atoms with van der Waals surface area (Å²) < 4.78 is 0.323. The molecule has 1 heterocycles. The van der Waals surface area contributed by atoms with Gasteiger partial charge in [0.25, 0.3) is 11.5 Å². The molecule has 128 valence electrons. The Morgan fingerprint density at radius 2 is 1.62 bits per heavy atom. The Morgan fingerprint density at radius 1 is 1.00 bits per heavy atom. The van der Waals surface area contributed by atoms with Crippen molar-refractivity contribution < 1.29 is 10.0 Å². The molecule has 3 rings (SSSR count). The molecule has 0 radical (unpaired) electrons. The minimum Gasteiger partial charge on any atom is -0.425 e. The zero-order valence-corrected chi connectivity index (χ0v) is 13.7. The molecule has 1 amide bonds. The summed E-state index contributed by atoms with van der Waals surface area (Å²) in [6.07, 6.45) is 0. The number of nitrogens with zero attached hydrogens (tertiary/aromatic N) is 2. The lowest BCUT2D eigenvalue weighted by molar-refractivity contribution is 0.0889. The summed E-state index contributed by atoms with van der Waals surface area (Å²) in [6, 6.07) is 20.9. The molecular formula is C20H15N3O3. The van der Waals surface area contributed by atoms with E-state index in [0.29, 0.717) is 10.3 Å². The lowest BCUT2D eigenvalue weighted by Gasteiger charge is -2.08. The van der Waals surface area contributed by atoms with Crippen molar-refractivity contribution in [1.29, 1.82) is 5.26 Å². The maximum atomic E-state index is 12.1. The van der Waals surface area contributed by atoms with E-state index in [2.05, 4.69) is 11.4 Å². The smallest absolute Gasteiger partial charge is 0.283 e. The first-order chi connectivity index (χ1) is 12.6. The number of pyridine rings is 1. The average molecular weight is 345 g/mol. The number of nitrogens with one attached hydrogen (secondary N) is 1. The lowest BCUT2D eigenvalue weighted by atomic mass is 10.0. The Morgan fingerprint density at radius 3 is 2.23 bits per heavy atom. The van der Waals surface area contributed by atoms with E-state index in [-0.39, 0.29) is 12.2 Å². The molecule has 0 unspecified atom stereocenters. The zero-order chi connectivity index (χ0) is 18.5. The van der Waals surface area contributed by atoms with Crippen LogP contribution in [0.2, 0.25) is 0 Å². The molecule has 0 spiro atoms. The lowest BCUT2D eigenvalue weighted by Crippen LogP contribution is -2.30. The van der Waals surface area contributed by atoms with Crippen LogP contribution >= 0.6 is 0 Å². The summed E-state index contributed by atoms with van der Waals surface area (Å²) in [4.78, 5) is 23.4. The number of nitriles is 1. The van der Waals surface area contributed by atoms with Gasteiger partial charge in [0, 0.05) is 12.6 Å². The number of hydrogen-bond acceptors (Lipinski definition) is 4. The molecule has 2 aromatic carbocycles. The van der Waals surface area contributed by atoms with Crippen molar-refractivity contribution in [3.63, 3.8) is 0 Å². The first-order valence-corrected chi connectivity index (χ1v) is 7.87. The maximum absolute atomic E-state index is 12.1. The van der Waals surface area contributed by atoms with Crippen LogP contribution in [0.25, 0.3) is 11.1 Å². The quantitative estimate of drug-likeness (QED) is 0.711. The third-order valence-electron chi connectivity index (χ3n) is 3.92. The van der Waals surface area contributed by atoms with E-state index in [1.54, 1.807) is 12.1 Å². The van der Waals surface area contributed by atoms with Gasteiger partial charge in [-0.15, -0.1) is 4.73 Å². The molecule has 3 aromatic rings. The van der Waals surface area contributed by atoms with Crippen molar-refractivity contribution in [3.8, 4) is 17.2 Å². The Kier molecular flexibility index (Phi) is 4.81. The topological polar surface area (TPSA) is 95.1 Å². The fraction of sp³-hybridized carbons (Fsp3) is 0.0500. The van der Waals surface area contributed by atoms with Gasteiger partial charge in [0.05, 0.1) is 11.6 Å². The molecule has 0 atom stereocenters. The summed E-state index contributed by atoms with van der Waals surface area (Å²) in [5.41, 5.74) is 2.69. The second-order valence-electron chi connectivity index (χ2n) is 5.63. The number of aromatic nitrogens is 1. The molecule has 0 fully saturated rings. The van der Waals surface area contributed by atoms with E-state index in [0.717, 1.165) is 16.7 Å². The first-order valence-electron chi connectivity index (χ1n) is 7.87. The fourth-order valence-corrected chi connectivity index (χ4v) is 2.48. The van der Waals surface area contributed by atoms with Crippen LogP contribution in [0.1, 0.15) is 21.6 Å². The van der Waals surface area contributed by atoms with Gasteiger partial charge in [0.15, 0.2) is 0 Å². The molecular weight excluding hydrogens is 330 g/mol. The van der Waals surface area contributed by atoms with Gasteiger partial charge in [-0.05, 0) is 34.9 Å². The van der Waals surface area contributed by atoms with Crippen molar-refractivity contribution in [2.24, 2.45) is 0 Å². The largest absolute Gasteiger partial charge is 0.425 e. The van der Waals surface area contributed by atoms with Gasteiger partial charge in [0.2, 0.25) is 0 Å². The van der Waals surface area contributed by atoms with Gasteiger partial charge < -0.3 is 10.5 Å². The highest BCUT2D eigenvalue weighted by molar-refractivity contribution is 5.92. The van der Waals surface area contributed by atoms with Crippen LogP contribution in [0, 0.1) is 11.3 Å². The van der Waals surface area contributed by atoms with E-state index in [9.17, 15) is 14.8 Å². The summed E-state index contributed by atoms with van der Waals surface area (Å²) >= 11 is 0. The van der Waals surface area contributed by atoms with E-state index in [1.165, 1.54) is 18.2 Å². The minimum atomic E-state index is -0.663. The van der Waals surface area contributed by atoms with Crippen molar-refractivity contribution in [1.82, 2.24) is 10.0 Å². The molecule has 2 N–H and O–H groups in total. The summed E-state index contributed by atoms with van der Waals surface area (Å²) in [7, 11) is 0. The zero-order valence-electron chi connectivity index (χ0n) is 13.7. The molecule has 0 saturated heterocycles.